The molecule has 1 atom stereocenters. The molecule has 0 bridgehead atoms. The Bertz CT molecular complexity index is 825. The molecule has 0 unspecified atom stereocenters. The van der Waals surface area contributed by atoms with Crippen LogP contribution >= 0.6 is 0 Å². The van der Waals surface area contributed by atoms with Gasteiger partial charge in [-0.25, -0.2) is 8.42 Å². The molecule has 3 heterocycles. The van der Waals surface area contributed by atoms with Crippen molar-refractivity contribution in [1.29, 1.82) is 0 Å². The van der Waals surface area contributed by atoms with Gasteiger partial charge in [0.2, 0.25) is 10.0 Å². The number of hydrogen-bond donors (Lipinski definition) is 1. The van der Waals surface area contributed by atoms with Crippen molar-refractivity contribution in [2.75, 3.05) is 13.1 Å². The van der Waals surface area contributed by atoms with Crippen LogP contribution in [0, 0.1) is 13.8 Å². The molecule has 1 N–H and O–H groups in total. The topological polar surface area (TPSA) is 110 Å². The maximum atomic E-state index is 12.7. The zero-order chi connectivity index (χ0) is 16.8. The minimum Gasteiger partial charge on any atom is -0.465 e. The fraction of sp³-hybridized carbons (Fsp3) is 0.571. The van der Waals surface area contributed by atoms with E-state index in [9.17, 15) is 13.5 Å². The summed E-state index contributed by atoms with van der Waals surface area (Å²) in [6.07, 6.45) is 0.780. The Balaban J connectivity index is 1.88. The summed E-state index contributed by atoms with van der Waals surface area (Å²) < 4.78 is 37.1. The number of nitrogens with zero attached hydrogens (tertiary/aromatic N) is 3. The largest absolute Gasteiger partial charge is 0.465 e. The summed E-state index contributed by atoms with van der Waals surface area (Å²) >= 11 is 0. The first-order valence-corrected chi connectivity index (χ1v) is 8.83. The highest BCUT2D eigenvalue weighted by Gasteiger charge is 2.47. The molecule has 3 rings (SSSR count). The molecule has 1 saturated heterocycles. The number of rotatable bonds is 4. The summed E-state index contributed by atoms with van der Waals surface area (Å²) in [7, 11) is -3.74. The fourth-order valence-electron chi connectivity index (χ4n) is 2.73. The van der Waals surface area contributed by atoms with Crippen LogP contribution in [0.3, 0.4) is 0 Å². The lowest BCUT2D eigenvalue weighted by atomic mass is 10.0. The van der Waals surface area contributed by atoms with Crippen molar-refractivity contribution in [2.24, 2.45) is 0 Å². The number of aryl methyl sites for hydroxylation is 3. The molecule has 0 spiro atoms. The highest BCUT2D eigenvalue weighted by molar-refractivity contribution is 7.89. The third-order valence-electron chi connectivity index (χ3n) is 4.01. The van der Waals surface area contributed by atoms with E-state index in [1.165, 1.54) is 10.4 Å². The molecule has 0 radical (unpaired) electrons. The van der Waals surface area contributed by atoms with Gasteiger partial charge < -0.3 is 14.0 Å². The van der Waals surface area contributed by atoms with Gasteiger partial charge in [0.25, 0.3) is 5.89 Å². The third-order valence-corrected chi connectivity index (χ3v) is 5.96. The molecule has 1 aliphatic rings. The van der Waals surface area contributed by atoms with Gasteiger partial charge in [-0.15, -0.1) is 0 Å². The van der Waals surface area contributed by atoms with Crippen molar-refractivity contribution in [3.05, 3.63) is 29.3 Å². The van der Waals surface area contributed by atoms with Gasteiger partial charge in [0.15, 0.2) is 11.4 Å². The Morgan fingerprint density at radius 3 is 2.74 bits per heavy atom. The number of hydrogen-bond acceptors (Lipinski definition) is 7. The van der Waals surface area contributed by atoms with Crippen LogP contribution in [0.4, 0.5) is 0 Å². The number of furan rings is 1. The molecule has 0 saturated carbocycles. The number of β-amino-alcohol motifs (C(OH)–C–C–N with tert-alkyl or cyclic N) is 1. The maximum absolute atomic E-state index is 12.7. The standard InChI is InChI=1S/C14H19N3O5S/c1-4-12-15-13(22-16-12)14(18)5-6-17(8-14)23(19,20)11-7-9(2)21-10(11)3/h7,18H,4-6,8H2,1-3H3/t14-/m0/s1. The van der Waals surface area contributed by atoms with E-state index in [0.29, 0.717) is 23.8 Å². The van der Waals surface area contributed by atoms with Crippen LogP contribution in [0.1, 0.15) is 36.6 Å². The molecule has 9 heteroatoms. The molecule has 0 aromatic carbocycles. The van der Waals surface area contributed by atoms with Crippen molar-refractivity contribution >= 4 is 10.0 Å². The average Bonchev–Trinajstić information content (AvgIpc) is 3.18. The Morgan fingerprint density at radius 1 is 1.43 bits per heavy atom. The van der Waals surface area contributed by atoms with Gasteiger partial charge in [-0.05, 0) is 19.9 Å². The zero-order valence-electron chi connectivity index (χ0n) is 13.2. The predicted octanol–water partition coefficient (Wildman–Crippen LogP) is 1.12. The molecule has 1 fully saturated rings. The van der Waals surface area contributed by atoms with Gasteiger partial charge in [-0.1, -0.05) is 12.1 Å². The van der Waals surface area contributed by atoms with Crippen LogP contribution in [0.15, 0.2) is 19.9 Å². The lowest BCUT2D eigenvalue weighted by Crippen LogP contribution is -2.34. The van der Waals surface area contributed by atoms with Crippen LogP contribution < -0.4 is 0 Å². The molecule has 8 nitrogen and oxygen atoms in total. The van der Waals surface area contributed by atoms with Crippen molar-refractivity contribution in [1.82, 2.24) is 14.4 Å². The summed E-state index contributed by atoms with van der Waals surface area (Å²) in [5, 5.41) is 14.5. The molecule has 0 aliphatic carbocycles. The van der Waals surface area contributed by atoms with Gasteiger partial charge in [-0.3, -0.25) is 0 Å². The minimum absolute atomic E-state index is 0.0622. The molecule has 2 aromatic rings. The quantitative estimate of drug-likeness (QED) is 0.887. The van der Waals surface area contributed by atoms with E-state index in [0.717, 1.165) is 0 Å². The van der Waals surface area contributed by atoms with Crippen molar-refractivity contribution in [3.63, 3.8) is 0 Å². The van der Waals surface area contributed by atoms with Gasteiger partial charge in [-0.2, -0.15) is 9.29 Å². The zero-order valence-corrected chi connectivity index (χ0v) is 14.1. The average molecular weight is 341 g/mol. The number of sulfonamides is 1. The van der Waals surface area contributed by atoms with E-state index in [1.807, 2.05) is 6.92 Å². The van der Waals surface area contributed by atoms with E-state index < -0.39 is 15.6 Å². The van der Waals surface area contributed by atoms with Crippen LogP contribution in [-0.2, 0) is 22.0 Å². The maximum Gasteiger partial charge on any atom is 0.260 e. The molecular formula is C14H19N3O5S. The first kappa shape index (κ1) is 16.2. The predicted molar refractivity (Wildman–Crippen MR) is 79.1 cm³/mol. The van der Waals surface area contributed by atoms with Gasteiger partial charge in [0.05, 0.1) is 6.54 Å². The summed E-state index contributed by atoms with van der Waals surface area (Å²) in [6, 6.07) is 1.49. The van der Waals surface area contributed by atoms with Gasteiger partial charge >= 0.3 is 0 Å². The van der Waals surface area contributed by atoms with Crippen LogP contribution in [0.2, 0.25) is 0 Å². The SMILES string of the molecule is CCc1noc([C@]2(O)CCN(S(=O)(=O)c3cc(C)oc3C)C2)n1. The van der Waals surface area contributed by atoms with Gasteiger partial charge in [0.1, 0.15) is 16.4 Å². The molecule has 1 aliphatic heterocycles. The van der Waals surface area contributed by atoms with Crippen molar-refractivity contribution < 1.29 is 22.5 Å². The second-order valence-electron chi connectivity index (χ2n) is 5.77. The first-order chi connectivity index (χ1) is 10.8. The highest BCUT2D eigenvalue weighted by Crippen LogP contribution is 2.35. The third kappa shape index (κ3) is 2.68. The fourth-order valence-corrected chi connectivity index (χ4v) is 4.44. The monoisotopic (exact) mass is 341 g/mol. The highest BCUT2D eigenvalue weighted by atomic mass is 32.2. The van der Waals surface area contributed by atoms with E-state index in [1.54, 1.807) is 13.8 Å². The van der Waals surface area contributed by atoms with Crippen molar-refractivity contribution in [3.8, 4) is 0 Å². The Labute approximate surface area is 134 Å². The lowest BCUT2D eigenvalue weighted by Gasteiger charge is -2.19. The number of aliphatic hydroxyl groups is 1. The van der Waals surface area contributed by atoms with E-state index in [-0.39, 0.29) is 30.3 Å². The second-order valence-corrected chi connectivity index (χ2v) is 7.67. The summed E-state index contributed by atoms with van der Waals surface area (Å²) in [6.45, 7) is 5.22. The van der Waals surface area contributed by atoms with Crippen LogP contribution in [0.5, 0.6) is 0 Å². The Kier molecular flexibility index (Phi) is 3.81. The Hall–Kier alpha value is -1.71. The van der Waals surface area contributed by atoms with Crippen LogP contribution in [-0.4, -0.2) is 41.1 Å². The first-order valence-electron chi connectivity index (χ1n) is 7.39. The van der Waals surface area contributed by atoms with Gasteiger partial charge in [0, 0.05) is 19.4 Å². The summed E-state index contributed by atoms with van der Waals surface area (Å²) in [5.41, 5.74) is -1.46. The Morgan fingerprint density at radius 2 is 2.17 bits per heavy atom. The molecule has 23 heavy (non-hydrogen) atoms. The van der Waals surface area contributed by atoms with Crippen LogP contribution in [0.25, 0.3) is 0 Å². The smallest absolute Gasteiger partial charge is 0.260 e. The molecular weight excluding hydrogens is 322 g/mol. The summed E-state index contributed by atoms with van der Waals surface area (Å²) in [5.74, 6) is 1.41. The van der Waals surface area contributed by atoms with E-state index in [4.69, 9.17) is 8.94 Å². The minimum atomic E-state index is -3.74. The normalized spacial score (nSPS) is 22.8. The molecule has 2 aromatic heterocycles. The molecule has 126 valence electrons. The lowest BCUT2D eigenvalue weighted by molar-refractivity contribution is 0.0194. The van der Waals surface area contributed by atoms with E-state index in [2.05, 4.69) is 10.1 Å². The number of aromatic nitrogens is 2. The van der Waals surface area contributed by atoms with Crippen molar-refractivity contribution in [2.45, 2.75) is 44.1 Å². The van der Waals surface area contributed by atoms with E-state index >= 15 is 0 Å². The molecule has 0 amide bonds. The summed E-state index contributed by atoms with van der Waals surface area (Å²) in [4.78, 5) is 4.25. The second kappa shape index (κ2) is 5.43.